The van der Waals surface area contributed by atoms with Crippen molar-refractivity contribution in [3.8, 4) is 16.9 Å². The van der Waals surface area contributed by atoms with E-state index in [-0.39, 0.29) is 5.91 Å². The van der Waals surface area contributed by atoms with Crippen LogP contribution in [0.4, 0.5) is 0 Å². The van der Waals surface area contributed by atoms with Crippen LogP contribution in [0, 0.1) is 0 Å². The minimum Gasteiger partial charge on any atom is -0.345 e. The topological polar surface area (TPSA) is 72.7 Å². The van der Waals surface area contributed by atoms with Crippen LogP contribution >= 0.6 is 22.9 Å². The van der Waals surface area contributed by atoms with E-state index in [0.29, 0.717) is 28.7 Å². The van der Waals surface area contributed by atoms with E-state index >= 15 is 0 Å². The summed E-state index contributed by atoms with van der Waals surface area (Å²) in [7, 11) is 0. The molecule has 0 radical (unpaired) electrons. The molecule has 152 valence electrons. The van der Waals surface area contributed by atoms with Gasteiger partial charge in [-0.15, -0.1) is 10.2 Å². The third kappa shape index (κ3) is 4.42. The molecule has 0 bridgehead atoms. The number of aromatic nitrogens is 4. The molecule has 0 fully saturated rings. The molecular formula is C22H20ClN5OS. The van der Waals surface area contributed by atoms with Crippen molar-refractivity contribution in [1.82, 2.24) is 25.3 Å². The molecule has 4 rings (SSSR count). The van der Waals surface area contributed by atoms with Crippen LogP contribution in [0.25, 0.3) is 16.9 Å². The van der Waals surface area contributed by atoms with E-state index in [0.717, 1.165) is 21.3 Å². The molecule has 6 nitrogen and oxygen atoms in total. The highest BCUT2D eigenvalue weighted by Crippen LogP contribution is 2.25. The first kappa shape index (κ1) is 20.3. The molecule has 0 spiro atoms. The van der Waals surface area contributed by atoms with Gasteiger partial charge in [-0.25, -0.2) is 4.68 Å². The number of amides is 1. The normalized spacial score (nSPS) is 11.1. The Balaban J connectivity index is 1.63. The lowest BCUT2D eigenvalue weighted by molar-refractivity contribution is 0.0951. The van der Waals surface area contributed by atoms with Gasteiger partial charge in [-0.2, -0.15) is 5.10 Å². The second kappa shape index (κ2) is 8.77. The van der Waals surface area contributed by atoms with Gasteiger partial charge in [0.05, 0.1) is 17.8 Å². The number of carbonyl (C=O) groups excluding carboxylic acids is 1. The van der Waals surface area contributed by atoms with Gasteiger partial charge in [0.1, 0.15) is 15.7 Å². The molecule has 2 aromatic heterocycles. The maximum absolute atomic E-state index is 13.0. The zero-order chi connectivity index (χ0) is 21.1. The van der Waals surface area contributed by atoms with Crippen LogP contribution in [0.3, 0.4) is 0 Å². The van der Waals surface area contributed by atoms with Crippen LogP contribution in [0.1, 0.15) is 40.1 Å². The van der Waals surface area contributed by atoms with Crippen molar-refractivity contribution in [2.24, 2.45) is 0 Å². The fourth-order valence-corrected chi connectivity index (χ4v) is 3.81. The molecule has 1 N–H and O–H groups in total. The smallest absolute Gasteiger partial charge is 0.255 e. The highest BCUT2D eigenvalue weighted by molar-refractivity contribution is 7.11. The third-order valence-corrected chi connectivity index (χ3v) is 5.95. The number of carbonyl (C=O) groups is 1. The lowest BCUT2D eigenvalue weighted by atomic mass is 10.1. The molecule has 8 heteroatoms. The number of hydrogen-bond donors (Lipinski definition) is 1. The molecule has 1 amide bonds. The van der Waals surface area contributed by atoms with Crippen LogP contribution in [0.15, 0.2) is 60.8 Å². The minimum atomic E-state index is -0.219. The molecule has 2 heterocycles. The van der Waals surface area contributed by atoms with E-state index in [9.17, 15) is 4.79 Å². The number of nitrogens with zero attached hydrogens (tertiary/aromatic N) is 4. The lowest BCUT2D eigenvalue weighted by Crippen LogP contribution is -2.23. The zero-order valence-corrected chi connectivity index (χ0v) is 18.1. The molecule has 0 aliphatic heterocycles. The Morgan fingerprint density at radius 3 is 2.50 bits per heavy atom. The Labute approximate surface area is 183 Å². The number of halogens is 1. The summed E-state index contributed by atoms with van der Waals surface area (Å²) < 4.78 is 1.71. The Morgan fingerprint density at radius 2 is 1.83 bits per heavy atom. The van der Waals surface area contributed by atoms with Crippen LogP contribution in [0.2, 0.25) is 5.02 Å². The monoisotopic (exact) mass is 437 g/mol. The second-order valence-corrected chi connectivity index (χ2v) is 8.58. The number of benzene rings is 2. The van der Waals surface area contributed by atoms with E-state index in [1.54, 1.807) is 23.0 Å². The van der Waals surface area contributed by atoms with Crippen molar-refractivity contribution in [2.45, 2.75) is 26.3 Å². The fraction of sp³-hybridized carbons (Fsp3) is 0.182. The average Bonchev–Trinajstić information content (AvgIpc) is 3.41. The van der Waals surface area contributed by atoms with Gasteiger partial charge in [0.2, 0.25) is 0 Å². The number of hydrogen-bond acceptors (Lipinski definition) is 5. The van der Waals surface area contributed by atoms with E-state index < -0.39 is 0 Å². The van der Waals surface area contributed by atoms with Gasteiger partial charge in [0.25, 0.3) is 5.91 Å². The van der Waals surface area contributed by atoms with Crippen LogP contribution < -0.4 is 5.32 Å². The maximum Gasteiger partial charge on any atom is 0.255 e. The lowest BCUT2D eigenvalue weighted by Gasteiger charge is -2.04. The van der Waals surface area contributed by atoms with Crippen molar-refractivity contribution in [2.75, 3.05) is 0 Å². The summed E-state index contributed by atoms with van der Waals surface area (Å²) in [4.78, 5) is 13.0. The Kier molecular flexibility index (Phi) is 5.92. The summed E-state index contributed by atoms with van der Waals surface area (Å²) in [6, 6.07) is 17.0. The standard InChI is InChI=1S/C22H20ClN5OS/c1-14(2)22-26-25-19(30-22)12-24-21(29)18-13-28(17-6-4-3-5-7-17)27-20(18)15-8-10-16(23)11-9-15/h3-11,13-14H,12H2,1-2H3,(H,24,29). The largest absolute Gasteiger partial charge is 0.345 e. The Hall–Kier alpha value is -3.03. The first-order valence-corrected chi connectivity index (χ1v) is 10.7. The first-order chi connectivity index (χ1) is 14.5. The second-order valence-electron chi connectivity index (χ2n) is 7.05. The summed E-state index contributed by atoms with van der Waals surface area (Å²) in [6.07, 6.45) is 1.74. The van der Waals surface area contributed by atoms with Crippen molar-refractivity contribution in [3.63, 3.8) is 0 Å². The van der Waals surface area contributed by atoms with Crippen LogP contribution in [-0.4, -0.2) is 25.9 Å². The van der Waals surface area contributed by atoms with Gasteiger partial charge in [-0.1, -0.05) is 67.1 Å². The van der Waals surface area contributed by atoms with Gasteiger partial charge >= 0.3 is 0 Å². The van der Waals surface area contributed by atoms with Crippen LogP contribution in [-0.2, 0) is 6.54 Å². The molecule has 0 saturated heterocycles. The number of rotatable bonds is 6. The van der Waals surface area contributed by atoms with E-state index in [2.05, 4.69) is 34.5 Å². The summed E-state index contributed by atoms with van der Waals surface area (Å²) in [5.74, 6) is 0.0935. The predicted molar refractivity (Wildman–Crippen MR) is 119 cm³/mol. The highest BCUT2D eigenvalue weighted by Gasteiger charge is 2.19. The minimum absolute atomic E-state index is 0.219. The molecule has 30 heavy (non-hydrogen) atoms. The van der Waals surface area contributed by atoms with E-state index in [4.69, 9.17) is 11.6 Å². The summed E-state index contributed by atoms with van der Waals surface area (Å²) in [6.45, 7) is 4.46. The van der Waals surface area contributed by atoms with Crippen molar-refractivity contribution < 1.29 is 4.79 Å². The fourth-order valence-electron chi connectivity index (χ4n) is 2.90. The van der Waals surface area contributed by atoms with E-state index in [1.165, 1.54) is 11.3 Å². The van der Waals surface area contributed by atoms with Crippen molar-refractivity contribution in [3.05, 3.63) is 81.4 Å². The van der Waals surface area contributed by atoms with Crippen LogP contribution in [0.5, 0.6) is 0 Å². The zero-order valence-electron chi connectivity index (χ0n) is 16.5. The summed E-state index contributed by atoms with van der Waals surface area (Å²) in [5, 5.41) is 18.3. The molecule has 0 aliphatic rings. The number of para-hydroxylation sites is 1. The van der Waals surface area contributed by atoms with Gasteiger partial charge in [0.15, 0.2) is 0 Å². The van der Waals surface area contributed by atoms with Crippen molar-refractivity contribution >= 4 is 28.8 Å². The molecule has 0 aliphatic carbocycles. The quantitative estimate of drug-likeness (QED) is 0.455. The molecule has 4 aromatic rings. The van der Waals surface area contributed by atoms with Crippen molar-refractivity contribution in [1.29, 1.82) is 0 Å². The molecule has 0 unspecified atom stereocenters. The summed E-state index contributed by atoms with van der Waals surface area (Å²) in [5.41, 5.74) is 2.76. The highest BCUT2D eigenvalue weighted by atomic mass is 35.5. The van der Waals surface area contributed by atoms with Gasteiger partial charge in [-0.3, -0.25) is 4.79 Å². The van der Waals surface area contributed by atoms with Gasteiger partial charge < -0.3 is 5.32 Å². The third-order valence-electron chi connectivity index (χ3n) is 4.47. The Morgan fingerprint density at radius 1 is 1.10 bits per heavy atom. The van der Waals surface area contributed by atoms with Gasteiger partial charge in [0, 0.05) is 22.7 Å². The predicted octanol–water partition coefficient (Wildman–Crippen LogP) is 5.10. The summed E-state index contributed by atoms with van der Waals surface area (Å²) >= 11 is 7.54. The van der Waals surface area contributed by atoms with E-state index in [1.807, 2.05) is 42.5 Å². The average molecular weight is 438 g/mol. The molecule has 0 saturated carbocycles. The SMILES string of the molecule is CC(C)c1nnc(CNC(=O)c2cn(-c3ccccc3)nc2-c2ccc(Cl)cc2)s1. The molecule has 0 atom stereocenters. The molecule has 2 aromatic carbocycles. The number of nitrogens with one attached hydrogen (secondary N) is 1. The maximum atomic E-state index is 13.0. The van der Waals surface area contributed by atoms with Gasteiger partial charge in [-0.05, 0) is 24.3 Å². The first-order valence-electron chi connectivity index (χ1n) is 9.53. The Bertz CT molecular complexity index is 1150. The molecular weight excluding hydrogens is 418 g/mol.